The molecule has 0 aliphatic carbocycles. The maximum atomic E-state index is 12.1. The maximum absolute atomic E-state index is 12.1. The van der Waals surface area contributed by atoms with E-state index in [4.69, 9.17) is 0 Å². The zero-order valence-corrected chi connectivity index (χ0v) is 17.1. The average Bonchev–Trinajstić information content (AvgIpc) is 3.05. The molecule has 0 unspecified atom stereocenters. The Hall–Kier alpha value is -3.02. The molecule has 2 aromatic carbocycles. The second kappa shape index (κ2) is 9.45. The number of fused-ring (bicyclic) bond motifs is 1. The maximum Gasteiger partial charge on any atom is 0.293 e. The number of aliphatic imine (C=N–C) groups is 1. The van der Waals surface area contributed by atoms with Crippen molar-refractivity contribution in [2.75, 3.05) is 24.5 Å². The number of hydrogen-bond donors (Lipinski definition) is 0. The molecule has 2 aliphatic heterocycles. The molecule has 152 valence electrons. The summed E-state index contributed by atoms with van der Waals surface area (Å²) in [5, 5.41) is 11.8. The van der Waals surface area contributed by atoms with Gasteiger partial charge in [-0.2, -0.15) is 0 Å². The molecule has 2 aliphatic rings. The van der Waals surface area contributed by atoms with Crippen LogP contribution in [0.2, 0.25) is 0 Å². The van der Waals surface area contributed by atoms with Crippen molar-refractivity contribution in [1.82, 2.24) is 0 Å². The van der Waals surface area contributed by atoms with Crippen molar-refractivity contribution in [3.8, 4) is 0 Å². The van der Waals surface area contributed by atoms with E-state index in [2.05, 4.69) is 9.89 Å². The number of anilines is 1. The van der Waals surface area contributed by atoms with Crippen molar-refractivity contribution in [1.29, 1.82) is 0 Å². The van der Waals surface area contributed by atoms with E-state index in [9.17, 15) is 14.9 Å². The third kappa shape index (κ3) is 4.36. The fraction of sp³-hybridized carbons (Fsp3) is 0.391. The summed E-state index contributed by atoms with van der Waals surface area (Å²) in [6.07, 6.45) is 4.45. The van der Waals surface area contributed by atoms with E-state index in [0.29, 0.717) is 22.5 Å². The Morgan fingerprint density at radius 2 is 1.62 bits per heavy atom. The highest BCUT2D eigenvalue weighted by molar-refractivity contribution is 6.22. The molecule has 0 radical (unpaired) electrons. The minimum atomic E-state index is -0.315. The number of nitro groups is 1. The van der Waals surface area contributed by atoms with Crippen molar-refractivity contribution in [3.05, 3.63) is 69.3 Å². The van der Waals surface area contributed by atoms with Gasteiger partial charge in [0, 0.05) is 35.8 Å². The largest absolute Gasteiger partial charge is 0.366 e. The second-order valence-corrected chi connectivity index (χ2v) is 7.00. The summed E-state index contributed by atoms with van der Waals surface area (Å²) in [6.45, 7) is 5.77. The molecule has 0 spiro atoms. The molecular weight excluding hydrogens is 366 g/mol. The van der Waals surface area contributed by atoms with Crippen LogP contribution in [0.5, 0.6) is 0 Å². The molecule has 4 rings (SSSR count). The third-order valence-corrected chi connectivity index (χ3v) is 5.26. The van der Waals surface area contributed by atoms with Gasteiger partial charge in [-0.1, -0.05) is 57.0 Å². The number of carbonyl (C=O) groups excluding carboxylic acids is 1. The first-order valence-electron chi connectivity index (χ1n) is 10.4. The van der Waals surface area contributed by atoms with Crippen LogP contribution >= 0.6 is 0 Å². The molecule has 0 N–H and O–H groups in total. The predicted octanol–water partition coefficient (Wildman–Crippen LogP) is 5.04. The van der Waals surface area contributed by atoms with Crippen LogP contribution in [0.3, 0.4) is 0 Å². The Morgan fingerprint density at radius 3 is 2.28 bits per heavy atom. The SMILES string of the molecule is CC.O=C1CN=C(c2ccc(N3CCCCCC3)c([N+](=O)[O-])c2)c2ccccc21. The van der Waals surface area contributed by atoms with Crippen LogP contribution in [0.15, 0.2) is 47.5 Å². The lowest BCUT2D eigenvalue weighted by Gasteiger charge is -2.23. The molecule has 2 heterocycles. The highest BCUT2D eigenvalue weighted by atomic mass is 16.6. The lowest BCUT2D eigenvalue weighted by molar-refractivity contribution is -0.384. The van der Waals surface area contributed by atoms with Crippen molar-refractivity contribution in [3.63, 3.8) is 0 Å². The number of Topliss-reactive ketones (excluding diaryl/α,β-unsaturated/α-hetero) is 1. The van der Waals surface area contributed by atoms with E-state index in [-0.39, 0.29) is 22.9 Å². The van der Waals surface area contributed by atoms with E-state index >= 15 is 0 Å². The minimum absolute atomic E-state index is 0.0231. The Bertz CT molecular complexity index is 929. The standard InChI is InChI=1S/C21H21N3O3.C2H6/c25-20-14-22-21(17-8-4-3-7-16(17)20)15-9-10-18(19(13-15)24(26)27)23-11-5-1-2-6-12-23;1-2/h3-4,7-10,13H,1-2,5-6,11-12,14H2;1-2H3. The van der Waals surface area contributed by atoms with Crippen molar-refractivity contribution in [2.24, 2.45) is 4.99 Å². The lowest BCUT2D eigenvalue weighted by atomic mass is 9.92. The van der Waals surface area contributed by atoms with Crippen molar-refractivity contribution < 1.29 is 9.72 Å². The van der Waals surface area contributed by atoms with Crippen LogP contribution in [-0.4, -0.2) is 36.1 Å². The number of nitrogens with zero attached hydrogens (tertiary/aromatic N) is 3. The first kappa shape index (κ1) is 20.7. The van der Waals surface area contributed by atoms with Gasteiger partial charge in [0.05, 0.1) is 10.6 Å². The second-order valence-electron chi connectivity index (χ2n) is 7.00. The summed E-state index contributed by atoms with van der Waals surface area (Å²) in [7, 11) is 0. The highest BCUT2D eigenvalue weighted by Gasteiger charge is 2.25. The van der Waals surface area contributed by atoms with Crippen LogP contribution in [0, 0.1) is 10.1 Å². The molecule has 1 fully saturated rings. The number of rotatable bonds is 3. The molecule has 0 saturated carbocycles. The van der Waals surface area contributed by atoms with Crippen LogP contribution in [0.25, 0.3) is 0 Å². The number of ketones is 1. The molecule has 0 aromatic heterocycles. The van der Waals surface area contributed by atoms with Gasteiger partial charge in [0.1, 0.15) is 12.2 Å². The fourth-order valence-electron chi connectivity index (χ4n) is 3.90. The van der Waals surface area contributed by atoms with Gasteiger partial charge < -0.3 is 4.90 Å². The van der Waals surface area contributed by atoms with Crippen molar-refractivity contribution in [2.45, 2.75) is 39.5 Å². The van der Waals surface area contributed by atoms with Crippen LogP contribution in [0.1, 0.15) is 61.0 Å². The highest BCUT2D eigenvalue weighted by Crippen LogP contribution is 2.32. The van der Waals surface area contributed by atoms with E-state index in [1.165, 1.54) is 12.8 Å². The normalized spacial score (nSPS) is 16.1. The number of hydrogen-bond acceptors (Lipinski definition) is 5. The topological polar surface area (TPSA) is 75.8 Å². The summed E-state index contributed by atoms with van der Waals surface area (Å²) < 4.78 is 0. The molecule has 2 aromatic rings. The Labute approximate surface area is 171 Å². The molecule has 6 nitrogen and oxygen atoms in total. The fourth-order valence-corrected chi connectivity index (χ4v) is 3.90. The summed E-state index contributed by atoms with van der Waals surface area (Å²) >= 11 is 0. The first-order valence-corrected chi connectivity index (χ1v) is 10.4. The van der Waals surface area contributed by atoms with Gasteiger partial charge in [0.2, 0.25) is 0 Å². The lowest BCUT2D eigenvalue weighted by Crippen LogP contribution is -2.25. The predicted molar refractivity (Wildman–Crippen MR) is 116 cm³/mol. The van der Waals surface area contributed by atoms with Crippen LogP contribution in [0.4, 0.5) is 11.4 Å². The number of carbonyl (C=O) groups is 1. The number of nitro benzene ring substituents is 1. The molecule has 0 atom stereocenters. The summed E-state index contributed by atoms with van der Waals surface area (Å²) in [4.78, 5) is 30.1. The third-order valence-electron chi connectivity index (χ3n) is 5.26. The average molecular weight is 393 g/mol. The molecular formula is C23H27N3O3. The van der Waals surface area contributed by atoms with Crippen molar-refractivity contribution >= 4 is 22.9 Å². The monoisotopic (exact) mass is 393 g/mol. The Morgan fingerprint density at radius 1 is 0.966 bits per heavy atom. The minimum Gasteiger partial charge on any atom is -0.366 e. The van der Waals surface area contributed by atoms with Gasteiger partial charge in [-0.25, -0.2) is 0 Å². The Kier molecular flexibility index (Phi) is 6.75. The summed E-state index contributed by atoms with van der Waals surface area (Å²) in [5.41, 5.74) is 3.47. The first-order chi connectivity index (χ1) is 14.1. The van der Waals surface area contributed by atoms with Gasteiger partial charge in [-0.3, -0.25) is 19.9 Å². The smallest absolute Gasteiger partial charge is 0.293 e. The van der Waals surface area contributed by atoms with E-state index < -0.39 is 0 Å². The van der Waals surface area contributed by atoms with E-state index in [0.717, 1.165) is 31.5 Å². The van der Waals surface area contributed by atoms with Crippen LogP contribution in [-0.2, 0) is 0 Å². The molecule has 1 saturated heterocycles. The molecule has 0 amide bonds. The van der Waals surface area contributed by atoms with Gasteiger partial charge in [0.15, 0.2) is 5.78 Å². The molecule has 29 heavy (non-hydrogen) atoms. The van der Waals surface area contributed by atoms with Crippen LogP contribution < -0.4 is 4.90 Å². The number of benzene rings is 2. The van der Waals surface area contributed by atoms with Gasteiger partial charge in [-0.05, 0) is 18.9 Å². The summed E-state index contributed by atoms with van der Waals surface area (Å²) in [6, 6.07) is 12.6. The zero-order chi connectivity index (χ0) is 20.8. The van der Waals surface area contributed by atoms with Gasteiger partial charge in [0.25, 0.3) is 5.69 Å². The summed E-state index contributed by atoms with van der Waals surface area (Å²) in [5.74, 6) is -0.0231. The van der Waals surface area contributed by atoms with E-state index in [1.54, 1.807) is 12.1 Å². The van der Waals surface area contributed by atoms with Gasteiger partial charge >= 0.3 is 0 Å². The quantitative estimate of drug-likeness (QED) is 0.541. The Balaban J connectivity index is 0.00000117. The molecule has 0 bridgehead atoms. The van der Waals surface area contributed by atoms with E-state index in [1.807, 2.05) is 44.2 Å². The van der Waals surface area contributed by atoms with Gasteiger partial charge in [-0.15, -0.1) is 0 Å². The zero-order valence-electron chi connectivity index (χ0n) is 17.1. The molecule has 6 heteroatoms.